The predicted molar refractivity (Wildman–Crippen MR) is 53.5 cm³/mol. The first kappa shape index (κ1) is 10.5. The summed E-state index contributed by atoms with van der Waals surface area (Å²) in [5, 5.41) is -0.404. The van der Waals surface area contributed by atoms with Gasteiger partial charge in [-0.25, -0.2) is 4.98 Å². The van der Waals surface area contributed by atoms with Gasteiger partial charge in [-0.05, 0) is 29.7 Å². The van der Waals surface area contributed by atoms with Gasteiger partial charge in [-0.1, -0.05) is 25.4 Å². The summed E-state index contributed by atoms with van der Waals surface area (Å²) in [5.41, 5.74) is 1.11. The van der Waals surface area contributed by atoms with Crippen LogP contribution in [0.3, 0.4) is 0 Å². The molecule has 0 radical (unpaired) electrons. The van der Waals surface area contributed by atoms with Crippen LogP contribution in [0.4, 0.5) is 0 Å². The van der Waals surface area contributed by atoms with Crippen LogP contribution < -0.4 is 0 Å². The van der Waals surface area contributed by atoms with Gasteiger partial charge in [0.25, 0.3) is 5.24 Å². The lowest BCUT2D eigenvalue weighted by atomic mass is 10.1. The van der Waals surface area contributed by atoms with Crippen molar-refractivity contribution in [3.63, 3.8) is 0 Å². The van der Waals surface area contributed by atoms with Crippen LogP contribution in [0.1, 0.15) is 35.8 Å². The lowest BCUT2D eigenvalue weighted by molar-refractivity contribution is 0.108. The molecule has 70 valence electrons. The molecule has 2 nitrogen and oxygen atoms in total. The van der Waals surface area contributed by atoms with Crippen molar-refractivity contribution in [2.45, 2.75) is 19.8 Å². The van der Waals surface area contributed by atoms with Gasteiger partial charge in [0.2, 0.25) is 0 Å². The van der Waals surface area contributed by atoms with E-state index < -0.39 is 5.24 Å². The first-order chi connectivity index (χ1) is 6.02. The maximum atomic E-state index is 10.8. The van der Waals surface area contributed by atoms with Crippen molar-refractivity contribution >= 4 is 28.4 Å². The molecule has 0 N–H and O–H groups in total. The van der Waals surface area contributed by atoms with Crippen molar-refractivity contribution < 1.29 is 4.79 Å². The zero-order valence-electron chi connectivity index (χ0n) is 7.34. The molecule has 0 aliphatic heterocycles. The van der Waals surface area contributed by atoms with Gasteiger partial charge in [0.1, 0.15) is 5.15 Å². The number of aromatic nitrogens is 1. The molecule has 0 spiro atoms. The van der Waals surface area contributed by atoms with E-state index in [0.29, 0.717) is 0 Å². The fourth-order valence-electron chi connectivity index (χ4n) is 0.916. The number of hydrogen-bond acceptors (Lipinski definition) is 2. The van der Waals surface area contributed by atoms with Crippen molar-refractivity contribution in [1.82, 2.24) is 4.98 Å². The van der Waals surface area contributed by atoms with E-state index in [4.69, 9.17) is 23.2 Å². The zero-order valence-corrected chi connectivity index (χ0v) is 8.86. The molecule has 0 saturated carbocycles. The second kappa shape index (κ2) is 4.07. The maximum absolute atomic E-state index is 10.8. The Balaban J connectivity index is 3.13. The van der Waals surface area contributed by atoms with Crippen LogP contribution in [0, 0.1) is 0 Å². The van der Waals surface area contributed by atoms with E-state index in [2.05, 4.69) is 4.98 Å². The van der Waals surface area contributed by atoms with Crippen LogP contribution in [0.15, 0.2) is 12.1 Å². The minimum Gasteiger partial charge on any atom is -0.275 e. The van der Waals surface area contributed by atoms with Gasteiger partial charge in [0.05, 0.1) is 5.56 Å². The maximum Gasteiger partial charge on any atom is 0.255 e. The lowest BCUT2D eigenvalue weighted by Crippen LogP contribution is -1.98. The molecule has 0 aliphatic carbocycles. The molecule has 0 fully saturated rings. The molecule has 1 heterocycles. The third-order valence-electron chi connectivity index (χ3n) is 1.67. The Morgan fingerprint density at radius 1 is 1.46 bits per heavy atom. The molecule has 4 heteroatoms. The van der Waals surface area contributed by atoms with Crippen molar-refractivity contribution in [1.29, 1.82) is 0 Å². The molecule has 0 aliphatic rings. The first-order valence-electron chi connectivity index (χ1n) is 3.88. The molecule has 0 bridgehead atoms. The number of carbonyl (C=O) groups excluding carboxylic acids is 1. The van der Waals surface area contributed by atoms with Crippen molar-refractivity contribution in [3.8, 4) is 0 Å². The van der Waals surface area contributed by atoms with Gasteiger partial charge in [-0.2, -0.15) is 0 Å². The highest BCUT2D eigenvalue weighted by molar-refractivity contribution is 6.68. The highest BCUT2D eigenvalue weighted by atomic mass is 35.5. The molecular formula is C9H9Cl2NO. The molecule has 1 aromatic rings. The Morgan fingerprint density at radius 2 is 2.08 bits per heavy atom. The Bertz CT molecular complexity index is 336. The average molecular weight is 218 g/mol. The van der Waals surface area contributed by atoms with E-state index in [1.807, 2.05) is 13.8 Å². The topological polar surface area (TPSA) is 30.0 Å². The van der Waals surface area contributed by atoms with Gasteiger partial charge in [-0.15, -0.1) is 0 Å². The summed E-state index contributed by atoms with van der Waals surface area (Å²) in [4.78, 5) is 14.8. The molecule has 0 saturated heterocycles. The Hall–Kier alpha value is -0.600. The van der Waals surface area contributed by atoms with Crippen molar-refractivity contribution in [2.75, 3.05) is 0 Å². The standard InChI is InChI=1S/C9H9Cl2NO/c1-5(2)7-4-3-6(9(11)13)8(10)12-7/h3-5H,1-2H3. The number of pyridine rings is 1. The van der Waals surface area contributed by atoms with Gasteiger partial charge in [-0.3, -0.25) is 4.79 Å². The summed E-state index contributed by atoms with van der Waals surface area (Å²) in [6.07, 6.45) is 0. The largest absolute Gasteiger partial charge is 0.275 e. The van der Waals surface area contributed by atoms with Gasteiger partial charge in [0, 0.05) is 5.69 Å². The Kier molecular flexibility index (Phi) is 3.28. The van der Waals surface area contributed by atoms with E-state index in [-0.39, 0.29) is 16.6 Å². The summed E-state index contributed by atoms with van der Waals surface area (Å²) in [5.74, 6) is 0.289. The Morgan fingerprint density at radius 3 is 2.46 bits per heavy atom. The highest BCUT2D eigenvalue weighted by Gasteiger charge is 2.10. The van der Waals surface area contributed by atoms with E-state index in [1.165, 1.54) is 0 Å². The second-order valence-electron chi connectivity index (χ2n) is 3.00. The summed E-state index contributed by atoms with van der Waals surface area (Å²) in [6.45, 7) is 4.00. The predicted octanol–water partition coefficient (Wildman–Crippen LogP) is 3.24. The fraction of sp³-hybridized carbons (Fsp3) is 0.333. The van der Waals surface area contributed by atoms with Crippen molar-refractivity contribution in [2.24, 2.45) is 0 Å². The molecule has 1 aromatic heterocycles. The smallest absolute Gasteiger partial charge is 0.255 e. The highest BCUT2D eigenvalue weighted by Crippen LogP contribution is 2.19. The quantitative estimate of drug-likeness (QED) is 0.563. The van der Waals surface area contributed by atoms with Gasteiger partial charge >= 0.3 is 0 Å². The van der Waals surface area contributed by atoms with Crippen LogP contribution in [0.5, 0.6) is 0 Å². The monoisotopic (exact) mass is 217 g/mol. The van der Waals surface area contributed by atoms with Crippen molar-refractivity contribution in [3.05, 3.63) is 28.5 Å². The molecule has 13 heavy (non-hydrogen) atoms. The Labute approximate surface area is 86.9 Å². The second-order valence-corrected chi connectivity index (χ2v) is 3.70. The number of rotatable bonds is 2. The summed E-state index contributed by atoms with van der Waals surface area (Å²) >= 11 is 11.0. The molecule has 0 atom stereocenters. The third kappa shape index (κ3) is 2.42. The fourth-order valence-corrected chi connectivity index (χ4v) is 1.36. The minimum atomic E-state index is -0.576. The third-order valence-corrected chi connectivity index (χ3v) is 2.17. The summed E-state index contributed by atoms with van der Waals surface area (Å²) in [7, 11) is 0. The normalized spacial score (nSPS) is 10.5. The summed E-state index contributed by atoms with van der Waals surface area (Å²) in [6, 6.07) is 3.35. The van der Waals surface area contributed by atoms with Gasteiger partial charge < -0.3 is 0 Å². The van der Waals surface area contributed by atoms with Crippen LogP contribution in [-0.4, -0.2) is 10.2 Å². The SMILES string of the molecule is CC(C)c1ccc(C(=O)Cl)c(Cl)n1. The van der Waals surface area contributed by atoms with Crippen LogP contribution in [0.2, 0.25) is 5.15 Å². The van der Waals surface area contributed by atoms with Crippen LogP contribution >= 0.6 is 23.2 Å². The lowest BCUT2D eigenvalue weighted by Gasteiger charge is -2.05. The zero-order chi connectivity index (χ0) is 10.0. The molecule has 1 rings (SSSR count). The van der Waals surface area contributed by atoms with E-state index in [9.17, 15) is 4.79 Å². The molecular weight excluding hydrogens is 209 g/mol. The number of nitrogens with zero attached hydrogens (tertiary/aromatic N) is 1. The number of halogens is 2. The molecule has 0 aromatic carbocycles. The van der Waals surface area contributed by atoms with E-state index >= 15 is 0 Å². The number of carbonyl (C=O) groups is 1. The van der Waals surface area contributed by atoms with Crippen LogP contribution in [0.25, 0.3) is 0 Å². The van der Waals surface area contributed by atoms with Gasteiger partial charge in [0.15, 0.2) is 0 Å². The molecule has 0 unspecified atom stereocenters. The summed E-state index contributed by atoms with van der Waals surface area (Å²) < 4.78 is 0. The first-order valence-corrected chi connectivity index (χ1v) is 4.64. The average Bonchev–Trinajstić information content (AvgIpc) is 2.03. The molecule has 0 amide bonds. The van der Waals surface area contributed by atoms with E-state index in [1.54, 1.807) is 12.1 Å². The van der Waals surface area contributed by atoms with Crippen LogP contribution in [-0.2, 0) is 0 Å². The minimum absolute atomic E-state index is 0.172. The van der Waals surface area contributed by atoms with E-state index in [0.717, 1.165) is 5.69 Å². The number of hydrogen-bond donors (Lipinski definition) is 0.